The number of hydrogen-bond acceptors (Lipinski definition) is 4. The van der Waals surface area contributed by atoms with Crippen molar-refractivity contribution in [2.24, 2.45) is 11.7 Å². The van der Waals surface area contributed by atoms with Crippen LogP contribution in [0, 0.1) is 11.7 Å². The minimum absolute atomic E-state index is 0. The maximum Gasteiger partial charge on any atom is 0.227 e. The number of carbonyl (C=O) groups is 1. The molecule has 0 aromatic heterocycles. The van der Waals surface area contributed by atoms with Gasteiger partial charge in [0.05, 0.1) is 11.8 Å². The van der Waals surface area contributed by atoms with Crippen molar-refractivity contribution >= 4 is 24.0 Å². The summed E-state index contributed by atoms with van der Waals surface area (Å²) in [5.74, 6) is -0.171. The van der Waals surface area contributed by atoms with E-state index in [0.717, 1.165) is 32.3 Å². The lowest BCUT2D eigenvalue weighted by Crippen LogP contribution is -2.24. The SMILES string of the molecule is Cl.NC1CCC(C(=O)Nc2cc(F)ccc2OCC2CCCO2)C1. The van der Waals surface area contributed by atoms with Crippen molar-refractivity contribution in [3.05, 3.63) is 24.0 Å². The van der Waals surface area contributed by atoms with Gasteiger partial charge in [-0.25, -0.2) is 4.39 Å². The predicted molar refractivity (Wildman–Crippen MR) is 92.1 cm³/mol. The lowest BCUT2D eigenvalue weighted by Gasteiger charge is -2.17. The Morgan fingerprint density at radius 2 is 2.21 bits per heavy atom. The van der Waals surface area contributed by atoms with Gasteiger partial charge in [-0.3, -0.25) is 4.79 Å². The molecule has 134 valence electrons. The van der Waals surface area contributed by atoms with Crippen molar-refractivity contribution in [1.82, 2.24) is 0 Å². The Hall–Kier alpha value is -1.37. The van der Waals surface area contributed by atoms with E-state index >= 15 is 0 Å². The maximum atomic E-state index is 13.5. The van der Waals surface area contributed by atoms with Gasteiger partial charge in [0.25, 0.3) is 0 Å². The Kier molecular flexibility index (Phi) is 6.83. The van der Waals surface area contributed by atoms with E-state index in [2.05, 4.69) is 5.32 Å². The third-order valence-corrected chi connectivity index (χ3v) is 4.49. The number of ether oxygens (including phenoxy) is 2. The number of anilines is 1. The molecule has 0 bridgehead atoms. The summed E-state index contributed by atoms with van der Waals surface area (Å²) >= 11 is 0. The molecule has 1 aromatic carbocycles. The largest absolute Gasteiger partial charge is 0.489 e. The number of carbonyl (C=O) groups excluding carboxylic acids is 1. The first-order valence-corrected chi connectivity index (χ1v) is 8.22. The molecule has 2 aliphatic rings. The third kappa shape index (κ3) is 4.82. The third-order valence-electron chi connectivity index (χ3n) is 4.49. The van der Waals surface area contributed by atoms with Gasteiger partial charge in [-0.2, -0.15) is 0 Å². The number of amides is 1. The second-order valence-corrected chi connectivity index (χ2v) is 6.35. The summed E-state index contributed by atoms with van der Waals surface area (Å²) in [5.41, 5.74) is 6.22. The van der Waals surface area contributed by atoms with Gasteiger partial charge in [0.1, 0.15) is 18.2 Å². The van der Waals surface area contributed by atoms with Crippen LogP contribution in [-0.4, -0.2) is 31.3 Å². The van der Waals surface area contributed by atoms with Crippen molar-refractivity contribution in [3.8, 4) is 5.75 Å². The molecule has 1 heterocycles. The number of hydrogen-bond donors (Lipinski definition) is 2. The van der Waals surface area contributed by atoms with Crippen LogP contribution in [0.2, 0.25) is 0 Å². The van der Waals surface area contributed by atoms with E-state index in [0.29, 0.717) is 24.5 Å². The van der Waals surface area contributed by atoms with E-state index in [-0.39, 0.29) is 36.4 Å². The van der Waals surface area contributed by atoms with Crippen molar-refractivity contribution in [1.29, 1.82) is 0 Å². The van der Waals surface area contributed by atoms with Crippen LogP contribution in [0.3, 0.4) is 0 Å². The van der Waals surface area contributed by atoms with Gasteiger partial charge in [-0.05, 0) is 44.2 Å². The van der Waals surface area contributed by atoms with Crippen LogP contribution >= 0.6 is 12.4 Å². The molecule has 1 amide bonds. The first-order chi connectivity index (χ1) is 11.1. The van der Waals surface area contributed by atoms with Crippen LogP contribution in [0.25, 0.3) is 0 Å². The van der Waals surface area contributed by atoms with E-state index in [1.165, 1.54) is 12.1 Å². The second kappa shape index (κ2) is 8.65. The van der Waals surface area contributed by atoms with Crippen molar-refractivity contribution in [2.75, 3.05) is 18.5 Å². The summed E-state index contributed by atoms with van der Waals surface area (Å²) in [5, 5.41) is 2.79. The van der Waals surface area contributed by atoms with Gasteiger partial charge in [-0.1, -0.05) is 0 Å². The second-order valence-electron chi connectivity index (χ2n) is 6.35. The highest BCUT2D eigenvalue weighted by Gasteiger charge is 2.28. The summed E-state index contributed by atoms with van der Waals surface area (Å²) in [7, 11) is 0. The molecule has 3 rings (SSSR count). The first-order valence-electron chi connectivity index (χ1n) is 8.22. The van der Waals surface area contributed by atoms with Gasteiger partial charge in [0.15, 0.2) is 0 Å². The molecule has 1 aromatic rings. The summed E-state index contributed by atoms with van der Waals surface area (Å²) in [6.45, 7) is 1.16. The van der Waals surface area contributed by atoms with Crippen LogP contribution in [-0.2, 0) is 9.53 Å². The molecule has 1 saturated heterocycles. The average molecular weight is 359 g/mol. The van der Waals surface area contributed by atoms with Crippen LogP contribution in [0.5, 0.6) is 5.75 Å². The summed E-state index contributed by atoms with van der Waals surface area (Å²) < 4.78 is 24.8. The molecule has 7 heteroatoms. The fourth-order valence-electron chi connectivity index (χ4n) is 3.17. The fraction of sp³-hybridized carbons (Fsp3) is 0.588. The Morgan fingerprint density at radius 3 is 2.88 bits per heavy atom. The molecule has 3 unspecified atom stereocenters. The molecule has 1 saturated carbocycles. The maximum absolute atomic E-state index is 13.5. The minimum Gasteiger partial charge on any atom is -0.489 e. The van der Waals surface area contributed by atoms with Crippen LogP contribution in [0.15, 0.2) is 18.2 Å². The number of nitrogens with one attached hydrogen (secondary N) is 1. The molecular weight excluding hydrogens is 335 g/mol. The Labute approximate surface area is 147 Å². The molecule has 3 atom stereocenters. The topological polar surface area (TPSA) is 73.6 Å². The lowest BCUT2D eigenvalue weighted by atomic mass is 10.1. The molecule has 0 spiro atoms. The van der Waals surface area contributed by atoms with E-state index in [1.807, 2.05) is 0 Å². The highest BCUT2D eigenvalue weighted by molar-refractivity contribution is 5.94. The van der Waals surface area contributed by atoms with Gasteiger partial charge < -0.3 is 20.5 Å². The van der Waals surface area contributed by atoms with Gasteiger partial charge >= 0.3 is 0 Å². The fourth-order valence-corrected chi connectivity index (χ4v) is 3.17. The summed E-state index contributed by atoms with van der Waals surface area (Å²) in [6.07, 6.45) is 4.35. The molecule has 3 N–H and O–H groups in total. The van der Waals surface area contributed by atoms with Gasteiger partial charge in [0.2, 0.25) is 5.91 Å². The van der Waals surface area contributed by atoms with Gasteiger partial charge in [-0.15, -0.1) is 12.4 Å². The minimum atomic E-state index is -0.409. The van der Waals surface area contributed by atoms with Gasteiger partial charge in [0, 0.05) is 24.6 Å². The predicted octanol–water partition coefficient (Wildman–Crippen LogP) is 2.87. The molecule has 1 aliphatic carbocycles. The number of rotatable bonds is 5. The Bertz CT molecular complexity index is 567. The molecule has 2 fully saturated rings. The quantitative estimate of drug-likeness (QED) is 0.848. The van der Waals surface area contributed by atoms with E-state index in [1.54, 1.807) is 6.07 Å². The Balaban J connectivity index is 0.00000208. The number of halogens is 2. The normalized spacial score (nSPS) is 26.0. The molecule has 0 radical (unpaired) electrons. The smallest absolute Gasteiger partial charge is 0.227 e. The number of nitrogens with two attached hydrogens (primary N) is 1. The van der Waals surface area contributed by atoms with E-state index in [9.17, 15) is 9.18 Å². The molecular formula is C17H24ClFN2O3. The van der Waals surface area contributed by atoms with Crippen LogP contribution in [0.4, 0.5) is 10.1 Å². The lowest BCUT2D eigenvalue weighted by molar-refractivity contribution is -0.119. The first kappa shape index (κ1) is 19.0. The van der Waals surface area contributed by atoms with E-state index < -0.39 is 5.82 Å². The molecule has 24 heavy (non-hydrogen) atoms. The average Bonchev–Trinajstić information content (AvgIpc) is 3.18. The van der Waals surface area contributed by atoms with Crippen LogP contribution in [0.1, 0.15) is 32.1 Å². The zero-order valence-electron chi connectivity index (χ0n) is 13.5. The summed E-state index contributed by atoms with van der Waals surface area (Å²) in [6, 6.07) is 4.23. The Morgan fingerprint density at radius 1 is 1.38 bits per heavy atom. The zero-order chi connectivity index (χ0) is 16.2. The standard InChI is InChI=1S/C17H23FN2O3.ClH/c18-12-4-6-16(23-10-14-2-1-7-22-14)15(9-12)20-17(21)11-3-5-13(19)8-11;/h4,6,9,11,13-14H,1-3,5,7-8,10,19H2,(H,20,21);1H. The van der Waals surface area contributed by atoms with Crippen molar-refractivity contribution in [3.63, 3.8) is 0 Å². The highest BCUT2D eigenvalue weighted by Crippen LogP contribution is 2.30. The number of benzene rings is 1. The molecule has 1 aliphatic heterocycles. The van der Waals surface area contributed by atoms with Crippen LogP contribution < -0.4 is 15.8 Å². The summed E-state index contributed by atoms with van der Waals surface area (Å²) in [4.78, 5) is 12.3. The monoisotopic (exact) mass is 358 g/mol. The van der Waals surface area contributed by atoms with E-state index in [4.69, 9.17) is 15.2 Å². The zero-order valence-corrected chi connectivity index (χ0v) is 14.3. The molecule has 5 nitrogen and oxygen atoms in total. The highest BCUT2D eigenvalue weighted by atomic mass is 35.5. The van der Waals surface area contributed by atoms with Crippen molar-refractivity contribution in [2.45, 2.75) is 44.2 Å². The van der Waals surface area contributed by atoms with Crippen molar-refractivity contribution < 1.29 is 18.7 Å².